The highest BCUT2D eigenvalue weighted by atomic mass is 16.5. The number of esters is 1. The minimum absolute atomic E-state index is 0.0856. The van der Waals surface area contributed by atoms with Crippen molar-refractivity contribution in [1.29, 1.82) is 0 Å². The molecule has 1 unspecified atom stereocenters. The van der Waals surface area contributed by atoms with Crippen LogP contribution >= 0.6 is 0 Å². The minimum atomic E-state index is -0.330. The summed E-state index contributed by atoms with van der Waals surface area (Å²) in [6, 6.07) is 0. The summed E-state index contributed by atoms with van der Waals surface area (Å²) >= 11 is 0. The van der Waals surface area contributed by atoms with Gasteiger partial charge >= 0.3 is 5.97 Å². The molecule has 1 fully saturated rings. The molecule has 0 heterocycles. The number of methoxy groups -OCH3 is 1. The number of ether oxygens (including phenoxy) is 1. The van der Waals surface area contributed by atoms with Gasteiger partial charge in [0.15, 0.2) is 0 Å². The molecule has 76 valence electrons. The zero-order valence-corrected chi connectivity index (χ0v) is 8.49. The Kier molecular flexibility index (Phi) is 3.31. The van der Waals surface area contributed by atoms with Crippen molar-refractivity contribution in [2.75, 3.05) is 7.11 Å². The number of carbonyl (C=O) groups is 1. The van der Waals surface area contributed by atoms with Crippen LogP contribution in [-0.4, -0.2) is 24.3 Å². The molecule has 1 aliphatic rings. The molecule has 1 N–H and O–H groups in total. The first-order valence-corrected chi connectivity index (χ1v) is 4.81. The van der Waals surface area contributed by atoms with E-state index in [9.17, 15) is 9.90 Å². The molecule has 0 bridgehead atoms. The molecular weight excluding hydrogens is 168 g/mol. The lowest BCUT2D eigenvalue weighted by atomic mass is 9.89. The number of aliphatic hydroxyl groups excluding tert-OH is 1. The summed E-state index contributed by atoms with van der Waals surface area (Å²) in [5.41, 5.74) is 0. The molecule has 0 spiro atoms. The molecule has 13 heavy (non-hydrogen) atoms. The number of carbonyl (C=O) groups excluding carboxylic acids is 1. The van der Waals surface area contributed by atoms with Crippen LogP contribution in [0.5, 0.6) is 0 Å². The van der Waals surface area contributed by atoms with Crippen molar-refractivity contribution in [2.45, 2.75) is 32.8 Å². The van der Waals surface area contributed by atoms with Gasteiger partial charge < -0.3 is 9.84 Å². The molecule has 1 aliphatic carbocycles. The van der Waals surface area contributed by atoms with E-state index in [1.54, 1.807) is 0 Å². The largest absolute Gasteiger partial charge is 0.469 e. The van der Waals surface area contributed by atoms with E-state index in [-0.39, 0.29) is 18.0 Å². The topological polar surface area (TPSA) is 46.5 Å². The summed E-state index contributed by atoms with van der Waals surface area (Å²) in [7, 11) is 1.39. The van der Waals surface area contributed by atoms with Crippen LogP contribution in [0, 0.1) is 17.8 Å². The normalized spacial score (nSPS) is 39.1. The van der Waals surface area contributed by atoms with Crippen molar-refractivity contribution in [3.63, 3.8) is 0 Å². The van der Waals surface area contributed by atoms with Crippen molar-refractivity contribution in [2.24, 2.45) is 17.8 Å². The van der Waals surface area contributed by atoms with Crippen LogP contribution in [0.15, 0.2) is 0 Å². The van der Waals surface area contributed by atoms with Gasteiger partial charge in [0.1, 0.15) is 0 Å². The fourth-order valence-corrected chi connectivity index (χ4v) is 2.14. The summed E-state index contributed by atoms with van der Waals surface area (Å²) in [6.45, 7) is 4.21. The van der Waals surface area contributed by atoms with E-state index in [1.165, 1.54) is 7.11 Å². The Morgan fingerprint density at radius 1 is 1.54 bits per heavy atom. The summed E-state index contributed by atoms with van der Waals surface area (Å²) in [5.74, 6) is 0.784. The monoisotopic (exact) mass is 186 g/mol. The van der Waals surface area contributed by atoms with Crippen LogP contribution in [0.3, 0.4) is 0 Å². The average Bonchev–Trinajstić information content (AvgIpc) is 2.32. The molecule has 3 nitrogen and oxygen atoms in total. The SMILES string of the molecule is COC(=O)C[C@H]1C(O)C[C@@H](C)[C@@H]1C. The maximum Gasteiger partial charge on any atom is 0.305 e. The predicted molar refractivity (Wildman–Crippen MR) is 49.1 cm³/mol. The lowest BCUT2D eigenvalue weighted by molar-refractivity contribution is -0.142. The van der Waals surface area contributed by atoms with Gasteiger partial charge in [0.2, 0.25) is 0 Å². The summed E-state index contributed by atoms with van der Waals surface area (Å²) in [4.78, 5) is 11.0. The molecule has 0 aromatic rings. The Labute approximate surface area is 79.1 Å². The zero-order chi connectivity index (χ0) is 10.0. The van der Waals surface area contributed by atoms with Crippen LogP contribution in [0.2, 0.25) is 0 Å². The second kappa shape index (κ2) is 4.09. The number of hydrogen-bond acceptors (Lipinski definition) is 3. The maximum atomic E-state index is 11.0. The first kappa shape index (κ1) is 10.5. The Morgan fingerprint density at radius 2 is 2.15 bits per heavy atom. The van der Waals surface area contributed by atoms with Crippen LogP contribution in [0.1, 0.15) is 26.7 Å². The highest BCUT2D eigenvalue weighted by Gasteiger charge is 2.38. The molecule has 1 rings (SSSR count). The van der Waals surface area contributed by atoms with Gasteiger partial charge in [0.25, 0.3) is 0 Å². The van der Waals surface area contributed by atoms with Crippen LogP contribution in [-0.2, 0) is 9.53 Å². The van der Waals surface area contributed by atoms with Crippen molar-refractivity contribution in [1.82, 2.24) is 0 Å². The highest BCUT2D eigenvalue weighted by molar-refractivity contribution is 5.69. The second-order valence-corrected chi connectivity index (χ2v) is 4.08. The summed E-state index contributed by atoms with van der Waals surface area (Å²) < 4.78 is 4.59. The standard InChI is InChI=1S/C10H18O3/c1-6-4-9(11)8(7(6)2)5-10(12)13-3/h6-9,11H,4-5H2,1-3H3/t6-,7+,8-,9?/m1/s1. The smallest absolute Gasteiger partial charge is 0.305 e. The van der Waals surface area contributed by atoms with Gasteiger partial charge in [-0.1, -0.05) is 13.8 Å². The molecule has 1 saturated carbocycles. The molecule has 0 aromatic carbocycles. The average molecular weight is 186 g/mol. The van der Waals surface area contributed by atoms with Gasteiger partial charge in [0.05, 0.1) is 19.6 Å². The fraction of sp³-hybridized carbons (Fsp3) is 0.900. The van der Waals surface area contributed by atoms with Gasteiger partial charge in [0, 0.05) is 0 Å². The molecule has 0 aliphatic heterocycles. The Bertz CT molecular complexity index is 191. The highest BCUT2D eigenvalue weighted by Crippen LogP contribution is 2.38. The third kappa shape index (κ3) is 2.21. The number of rotatable bonds is 2. The van der Waals surface area contributed by atoms with Gasteiger partial charge in [-0.15, -0.1) is 0 Å². The van der Waals surface area contributed by atoms with Crippen LogP contribution in [0.25, 0.3) is 0 Å². The first-order valence-electron chi connectivity index (χ1n) is 4.81. The zero-order valence-electron chi connectivity index (χ0n) is 8.49. The van der Waals surface area contributed by atoms with E-state index >= 15 is 0 Å². The van der Waals surface area contributed by atoms with E-state index in [4.69, 9.17) is 0 Å². The van der Waals surface area contributed by atoms with Crippen molar-refractivity contribution >= 4 is 5.97 Å². The van der Waals surface area contributed by atoms with E-state index in [1.807, 2.05) is 0 Å². The second-order valence-electron chi connectivity index (χ2n) is 4.08. The molecule has 0 amide bonds. The summed E-state index contributed by atoms with van der Waals surface area (Å²) in [5, 5.41) is 9.67. The van der Waals surface area contributed by atoms with Crippen molar-refractivity contribution < 1.29 is 14.6 Å². The molecular formula is C10H18O3. The quantitative estimate of drug-likeness (QED) is 0.659. The van der Waals surface area contributed by atoms with Crippen LogP contribution < -0.4 is 0 Å². The third-order valence-electron chi connectivity index (χ3n) is 3.31. The van der Waals surface area contributed by atoms with Crippen LogP contribution in [0.4, 0.5) is 0 Å². The van der Waals surface area contributed by atoms with Crippen molar-refractivity contribution in [3.8, 4) is 0 Å². The van der Waals surface area contributed by atoms with Gasteiger partial charge in [-0.25, -0.2) is 0 Å². The Balaban J connectivity index is 2.53. The first-order chi connectivity index (χ1) is 6.06. The number of hydrogen-bond donors (Lipinski definition) is 1. The molecule has 0 saturated heterocycles. The minimum Gasteiger partial charge on any atom is -0.469 e. The Hall–Kier alpha value is -0.570. The lowest BCUT2D eigenvalue weighted by Crippen LogP contribution is -2.22. The van der Waals surface area contributed by atoms with Gasteiger partial charge in [-0.05, 0) is 24.2 Å². The van der Waals surface area contributed by atoms with Gasteiger partial charge in [-0.2, -0.15) is 0 Å². The van der Waals surface area contributed by atoms with E-state index in [0.29, 0.717) is 18.3 Å². The Morgan fingerprint density at radius 3 is 2.54 bits per heavy atom. The lowest BCUT2D eigenvalue weighted by Gasteiger charge is -2.18. The molecule has 3 heteroatoms. The molecule has 0 radical (unpaired) electrons. The maximum absolute atomic E-state index is 11.0. The van der Waals surface area contributed by atoms with E-state index in [0.717, 1.165) is 6.42 Å². The third-order valence-corrected chi connectivity index (χ3v) is 3.31. The predicted octanol–water partition coefficient (Wildman–Crippen LogP) is 1.20. The number of aliphatic hydroxyl groups is 1. The van der Waals surface area contributed by atoms with E-state index < -0.39 is 0 Å². The van der Waals surface area contributed by atoms with Crippen molar-refractivity contribution in [3.05, 3.63) is 0 Å². The van der Waals surface area contributed by atoms with E-state index in [2.05, 4.69) is 18.6 Å². The summed E-state index contributed by atoms with van der Waals surface area (Å²) in [6.07, 6.45) is 0.829. The molecule has 0 aromatic heterocycles. The fourth-order valence-electron chi connectivity index (χ4n) is 2.14. The molecule has 4 atom stereocenters. The van der Waals surface area contributed by atoms with Gasteiger partial charge in [-0.3, -0.25) is 4.79 Å².